The predicted octanol–water partition coefficient (Wildman–Crippen LogP) is 3.57. The van der Waals surface area contributed by atoms with Crippen molar-refractivity contribution >= 4 is 29.9 Å². The predicted molar refractivity (Wildman–Crippen MR) is 92.6 cm³/mol. The van der Waals surface area contributed by atoms with Gasteiger partial charge >= 0.3 is 0 Å². The molecule has 0 atom stereocenters. The third kappa shape index (κ3) is 3.58. The number of nitrogens with one attached hydrogen (secondary N) is 1. The van der Waals surface area contributed by atoms with Crippen LogP contribution in [0.5, 0.6) is 0 Å². The fraction of sp³-hybridized carbons (Fsp3) is 0.588. The minimum Gasteiger partial charge on any atom is -0.354 e. The highest BCUT2D eigenvalue weighted by Crippen LogP contribution is 2.48. The van der Waals surface area contributed by atoms with Gasteiger partial charge in [0.15, 0.2) is 0 Å². The smallest absolute Gasteiger partial charge is 0.240 e. The third-order valence-corrected chi connectivity index (χ3v) is 5.31. The molecular formula is C17H24Cl2N2O. The highest BCUT2D eigenvalue weighted by Gasteiger charge is 2.45. The lowest BCUT2D eigenvalue weighted by Crippen LogP contribution is -2.56. The molecule has 2 saturated carbocycles. The molecule has 3 nitrogen and oxygen atoms in total. The topological polar surface area (TPSA) is 55.1 Å². The molecule has 3 rings (SSSR count). The van der Waals surface area contributed by atoms with E-state index >= 15 is 0 Å². The molecule has 22 heavy (non-hydrogen) atoms. The molecule has 2 aliphatic carbocycles. The van der Waals surface area contributed by atoms with Crippen molar-refractivity contribution in [3.63, 3.8) is 0 Å². The van der Waals surface area contributed by atoms with Gasteiger partial charge in [-0.3, -0.25) is 4.79 Å². The summed E-state index contributed by atoms with van der Waals surface area (Å²) in [4.78, 5) is 12.4. The molecule has 3 N–H and O–H groups in total. The van der Waals surface area contributed by atoms with Crippen LogP contribution in [0.4, 0.5) is 0 Å². The zero-order valence-corrected chi connectivity index (χ0v) is 14.3. The summed E-state index contributed by atoms with van der Waals surface area (Å²) >= 11 is 6.08. The molecule has 0 aliphatic heterocycles. The SMILES string of the molecule is Cl.NC1(C(=O)NCC2(c3cccc(Cl)c3)CC2)CCCCC1. The zero-order chi connectivity index (χ0) is 14.9. The van der Waals surface area contributed by atoms with E-state index in [1.807, 2.05) is 18.2 Å². The van der Waals surface area contributed by atoms with Gasteiger partial charge in [0.1, 0.15) is 0 Å². The van der Waals surface area contributed by atoms with Crippen LogP contribution in [0.25, 0.3) is 0 Å². The van der Waals surface area contributed by atoms with Crippen molar-refractivity contribution in [3.05, 3.63) is 34.9 Å². The Bertz CT molecular complexity index is 537. The molecule has 0 spiro atoms. The van der Waals surface area contributed by atoms with Crippen molar-refractivity contribution in [1.82, 2.24) is 5.32 Å². The first kappa shape index (κ1) is 17.6. The maximum atomic E-state index is 12.4. The molecule has 0 aromatic heterocycles. The van der Waals surface area contributed by atoms with Crippen LogP contribution in [0.3, 0.4) is 0 Å². The van der Waals surface area contributed by atoms with E-state index < -0.39 is 5.54 Å². The molecule has 0 radical (unpaired) electrons. The maximum Gasteiger partial charge on any atom is 0.240 e. The normalized spacial score (nSPS) is 21.5. The highest BCUT2D eigenvalue weighted by molar-refractivity contribution is 6.30. The number of amides is 1. The first-order chi connectivity index (χ1) is 10.0. The minimum absolute atomic E-state index is 0. The lowest BCUT2D eigenvalue weighted by Gasteiger charge is -2.32. The molecule has 0 saturated heterocycles. The minimum atomic E-state index is -0.650. The number of benzene rings is 1. The number of hydrogen-bond donors (Lipinski definition) is 2. The second-order valence-electron chi connectivity index (χ2n) is 6.69. The van der Waals surface area contributed by atoms with Crippen molar-refractivity contribution in [3.8, 4) is 0 Å². The fourth-order valence-electron chi connectivity index (χ4n) is 3.37. The molecule has 2 aliphatic rings. The number of carbonyl (C=O) groups is 1. The number of nitrogens with two attached hydrogens (primary N) is 1. The molecule has 1 amide bonds. The van der Waals surface area contributed by atoms with Gasteiger partial charge in [-0.05, 0) is 43.4 Å². The monoisotopic (exact) mass is 342 g/mol. The van der Waals surface area contributed by atoms with Crippen LogP contribution < -0.4 is 11.1 Å². The number of hydrogen-bond acceptors (Lipinski definition) is 2. The molecule has 5 heteroatoms. The van der Waals surface area contributed by atoms with Crippen molar-refractivity contribution < 1.29 is 4.79 Å². The third-order valence-electron chi connectivity index (χ3n) is 5.08. The maximum absolute atomic E-state index is 12.4. The Morgan fingerprint density at radius 2 is 1.86 bits per heavy atom. The Morgan fingerprint density at radius 3 is 2.45 bits per heavy atom. The van der Waals surface area contributed by atoms with E-state index in [2.05, 4.69) is 11.4 Å². The molecule has 0 heterocycles. The quantitative estimate of drug-likeness (QED) is 0.878. The van der Waals surface area contributed by atoms with Gasteiger partial charge in [-0.2, -0.15) is 0 Å². The first-order valence-corrected chi connectivity index (χ1v) is 8.25. The molecule has 0 unspecified atom stereocenters. The van der Waals surface area contributed by atoms with E-state index in [4.69, 9.17) is 17.3 Å². The summed E-state index contributed by atoms with van der Waals surface area (Å²) in [5, 5.41) is 3.86. The average Bonchev–Trinajstić information content (AvgIpc) is 3.27. The van der Waals surface area contributed by atoms with Gasteiger partial charge in [0.25, 0.3) is 0 Å². The lowest BCUT2D eigenvalue weighted by molar-refractivity contribution is -0.127. The van der Waals surface area contributed by atoms with Gasteiger partial charge in [0, 0.05) is 17.0 Å². The molecule has 1 aromatic rings. The summed E-state index contributed by atoms with van der Waals surface area (Å²) in [6.45, 7) is 0.672. The molecule has 2 fully saturated rings. The van der Waals surface area contributed by atoms with Crippen molar-refractivity contribution in [2.45, 2.75) is 55.9 Å². The van der Waals surface area contributed by atoms with Gasteiger partial charge in [0.05, 0.1) is 5.54 Å². The van der Waals surface area contributed by atoms with Crippen LogP contribution >= 0.6 is 24.0 Å². The molecular weight excluding hydrogens is 319 g/mol. The summed E-state index contributed by atoms with van der Waals surface area (Å²) in [7, 11) is 0. The van der Waals surface area contributed by atoms with Gasteiger partial charge in [-0.25, -0.2) is 0 Å². The number of carbonyl (C=O) groups excluding carboxylic acids is 1. The molecule has 0 bridgehead atoms. The molecule has 1 aromatic carbocycles. The largest absolute Gasteiger partial charge is 0.354 e. The second-order valence-corrected chi connectivity index (χ2v) is 7.13. The van der Waals surface area contributed by atoms with Crippen LogP contribution in [0, 0.1) is 0 Å². The van der Waals surface area contributed by atoms with E-state index in [9.17, 15) is 4.79 Å². The van der Waals surface area contributed by atoms with E-state index in [1.54, 1.807) is 0 Å². The van der Waals surface area contributed by atoms with Crippen LogP contribution in [-0.2, 0) is 10.2 Å². The Balaban J connectivity index is 0.00000176. The summed E-state index contributed by atoms with van der Waals surface area (Å²) in [6.07, 6.45) is 7.13. The van der Waals surface area contributed by atoms with Gasteiger partial charge in [0.2, 0.25) is 5.91 Å². The summed E-state index contributed by atoms with van der Waals surface area (Å²) in [5.74, 6) is 0.0236. The van der Waals surface area contributed by atoms with Gasteiger partial charge in [-0.15, -0.1) is 12.4 Å². The summed E-state index contributed by atoms with van der Waals surface area (Å²) < 4.78 is 0. The summed E-state index contributed by atoms with van der Waals surface area (Å²) in [5.41, 5.74) is 6.93. The van der Waals surface area contributed by atoms with Crippen LogP contribution in [0.2, 0.25) is 5.02 Å². The average molecular weight is 343 g/mol. The first-order valence-electron chi connectivity index (χ1n) is 7.87. The van der Waals surface area contributed by atoms with Crippen molar-refractivity contribution in [2.24, 2.45) is 5.73 Å². The van der Waals surface area contributed by atoms with Crippen molar-refractivity contribution in [2.75, 3.05) is 6.54 Å². The summed E-state index contributed by atoms with van der Waals surface area (Å²) in [6, 6.07) is 7.98. The van der Waals surface area contributed by atoms with Gasteiger partial charge < -0.3 is 11.1 Å². The van der Waals surface area contributed by atoms with Gasteiger partial charge in [-0.1, -0.05) is 43.0 Å². The Hall–Kier alpha value is -0.770. The number of halogens is 2. The van der Waals surface area contributed by atoms with Crippen LogP contribution in [0.15, 0.2) is 24.3 Å². The Kier molecular flexibility index (Phi) is 5.41. The second kappa shape index (κ2) is 6.77. The van der Waals surface area contributed by atoms with Crippen LogP contribution in [0.1, 0.15) is 50.5 Å². The zero-order valence-electron chi connectivity index (χ0n) is 12.7. The van der Waals surface area contributed by atoms with Crippen molar-refractivity contribution in [1.29, 1.82) is 0 Å². The van der Waals surface area contributed by atoms with E-state index in [-0.39, 0.29) is 23.7 Å². The van der Waals surface area contributed by atoms with E-state index in [0.717, 1.165) is 43.5 Å². The molecule has 122 valence electrons. The highest BCUT2D eigenvalue weighted by atomic mass is 35.5. The number of rotatable bonds is 4. The fourth-order valence-corrected chi connectivity index (χ4v) is 3.56. The Labute approximate surface area is 143 Å². The lowest BCUT2D eigenvalue weighted by atomic mass is 9.81. The van der Waals surface area contributed by atoms with E-state index in [1.165, 1.54) is 12.0 Å². The van der Waals surface area contributed by atoms with E-state index in [0.29, 0.717) is 6.54 Å². The van der Waals surface area contributed by atoms with Crippen LogP contribution in [-0.4, -0.2) is 18.0 Å². The standard InChI is InChI=1S/C17H23ClN2O.ClH/c18-14-6-4-5-13(11-14)16(9-10-16)12-20-15(21)17(19)7-2-1-3-8-17;/h4-6,11H,1-3,7-10,12,19H2,(H,20,21);1H. The Morgan fingerprint density at radius 1 is 1.18 bits per heavy atom.